The number of guanidine groups is 1. The van der Waals surface area contributed by atoms with Crippen molar-refractivity contribution in [2.24, 2.45) is 10.9 Å². The second kappa shape index (κ2) is 10.9. The maximum atomic E-state index is 5.66. The van der Waals surface area contributed by atoms with Crippen molar-refractivity contribution in [2.45, 2.75) is 57.9 Å². The summed E-state index contributed by atoms with van der Waals surface area (Å²) in [5, 5.41) is 3.57. The Morgan fingerprint density at radius 1 is 1.15 bits per heavy atom. The summed E-state index contributed by atoms with van der Waals surface area (Å²) in [6.07, 6.45) is 8.02. The Morgan fingerprint density at radius 3 is 2.63 bits per heavy atom. The number of nitrogens with zero attached hydrogens (tertiary/aromatic N) is 3. The predicted octanol–water partition coefficient (Wildman–Crippen LogP) is 3.06. The van der Waals surface area contributed by atoms with Crippen molar-refractivity contribution in [2.75, 3.05) is 64.0 Å². The smallest absolute Gasteiger partial charge is 0.193 e. The lowest BCUT2D eigenvalue weighted by atomic mass is 9.80. The van der Waals surface area contributed by atoms with Crippen LogP contribution < -0.4 is 5.32 Å². The first-order chi connectivity index (χ1) is 13.3. The zero-order chi connectivity index (χ0) is 19.0. The lowest BCUT2D eigenvalue weighted by molar-refractivity contribution is 0.0669. The number of hydrogen-bond donors (Lipinski definition) is 1. The van der Waals surface area contributed by atoms with Crippen LogP contribution in [0.2, 0.25) is 0 Å². The lowest BCUT2D eigenvalue weighted by Crippen LogP contribution is -2.55. The molecule has 2 aliphatic heterocycles. The Balaban J connectivity index is 1.66. The van der Waals surface area contributed by atoms with Crippen molar-refractivity contribution in [3.8, 4) is 0 Å². The highest BCUT2D eigenvalue weighted by atomic mass is 32.2. The van der Waals surface area contributed by atoms with Crippen molar-refractivity contribution < 1.29 is 4.74 Å². The first-order valence-electron chi connectivity index (χ1n) is 11.2. The van der Waals surface area contributed by atoms with Crippen LogP contribution in [0.5, 0.6) is 0 Å². The molecule has 1 saturated carbocycles. The number of likely N-dealkylation sites (tertiary alicyclic amines) is 1. The second-order valence-electron chi connectivity index (χ2n) is 8.31. The molecule has 0 bridgehead atoms. The van der Waals surface area contributed by atoms with Crippen molar-refractivity contribution in [3.63, 3.8) is 0 Å². The molecule has 3 aliphatic rings. The largest absolute Gasteiger partial charge is 0.381 e. The van der Waals surface area contributed by atoms with Crippen LogP contribution in [0.25, 0.3) is 0 Å². The lowest BCUT2D eigenvalue weighted by Gasteiger charge is -2.47. The molecule has 3 rings (SSSR count). The quantitative estimate of drug-likeness (QED) is 0.529. The molecule has 0 aromatic heterocycles. The Hall–Kier alpha value is -0.460. The summed E-state index contributed by atoms with van der Waals surface area (Å²) >= 11 is 2.11. The van der Waals surface area contributed by atoms with Gasteiger partial charge in [-0.15, -0.1) is 0 Å². The number of aliphatic imine (C=N–C) groups is 1. The van der Waals surface area contributed by atoms with E-state index >= 15 is 0 Å². The molecule has 1 N–H and O–H groups in total. The highest BCUT2D eigenvalue weighted by Crippen LogP contribution is 2.35. The summed E-state index contributed by atoms with van der Waals surface area (Å²) in [6, 6.07) is 0. The van der Waals surface area contributed by atoms with E-state index in [1.807, 2.05) is 0 Å². The van der Waals surface area contributed by atoms with Crippen LogP contribution >= 0.6 is 11.8 Å². The van der Waals surface area contributed by atoms with E-state index in [1.165, 1.54) is 63.1 Å². The zero-order valence-corrected chi connectivity index (χ0v) is 18.4. The van der Waals surface area contributed by atoms with Gasteiger partial charge in [-0.05, 0) is 33.1 Å². The van der Waals surface area contributed by atoms with Gasteiger partial charge in [-0.3, -0.25) is 9.89 Å². The third kappa shape index (κ3) is 5.77. The summed E-state index contributed by atoms with van der Waals surface area (Å²) in [7, 11) is 0. The van der Waals surface area contributed by atoms with E-state index in [2.05, 4.69) is 40.7 Å². The maximum absolute atomic E-state index is 5.66. The summed E-state index contributed by atoms with van der Waals surface area (Å²) in [5.41, 5.74) is 0.310. The van der Waals surface area contributed by atoms with E-state index in [4.69, 9.17) is 9.73 Å². The van der Waals surface area contributed by atoms with Gasteiger partial charge in [0.2, 0.25) is 0 Å². The van der Waals surface area contributed by atoms with Crippen molar-refractivity contribution in [3.05, 3.63) is 0 Å². The molecule has 156 valence electrons. The molecule has 0 aromatic carbocycles. The summed E-state index contributed by atoms with van der Waals surface area (Å²) < 4.78 is 5.66. The van der Waals surface area contributed by atoms with E-state index in [-0.39, 0.29) is 0 Å². The molecule has 1 unspecified atom stereocenters. The van der Waals surface area contributed by atoms with Crippen LogP contribution in [0.1, 0.15) is 52.4 Å². The molecule has 3 fully saturated rings. The highest BCUT2D eigenvalue weighted by molar-refractivity contribution is 7.99. The number of rotatable bonds is 7. The minimum Gasteiger partial charge on any atom is -0.381 e. The van der Waals surface area contributed by atoms with Gasteiger partial charge in [-0.2, -0.15) is 11.8 Å². The normalized spacial score (nSPS) is 27.1. The molecule has 2 saturated heterocycles. The molecule has 0 radical (unpaired) electrons. The van der Waals surface area contributed by atoms with E-state index in [0.29, 0.717) is 11.5 Å². The van der Waals surface area contributed by atoms with Crippen LogP contribution in [-0.2, 0) is 4.74 Å². The first kappa shape index (κ1) is 21.3. The van der Waals surface area contributed by atoms with E-state index < -0.39 is 0 Å². The molecule has 5 nitrogen and oxygen atoms in total. The van der Waals surface area contributed by atoms with Crippen LogP contribution in [0, 0.1) is 5.92 Å². The highest BCUT2D eigenvalue weighted by Gasteiger charge is 2.38. The third-order valence-electron chi connectivity index (χ3n) is 6.47. The number of hydrogen-bond acceptors (Lipinski definition) is 4. The van der Waals surface area contributed by atoms with Gasteiger partial charge in [0.1, 0.15) is 0 Å². The fraction of sp³-hybridized carbons (Fsp3) is 0.952. The molecule has 0 aromatic rings. The van der Waals surface area contributed by atoms with Gasteiger partial charge >= 0.3 is 0 Å². The second-order valence-corrected chi connectivity index (χ2v) is 9.54. The molecule has 0 spiro atoms. The van der Waals surface area contributed by atoms with Crippen LogP contribution in [0.4, 0.5) is 0 Å². The standard InChI is InChI=1S/C21H40N4OS/c1-3-22-20(24-11-8-19(16-24)17-26-4-2)23-18-21(9-6-5-7-10-21)25-12-14-27-15-13-25/h19H,3-18H2,1-2H3,(H,22,23). The third-order valence-corrected chi connectivity index (χ3v) is 7.41. The minimum atomic E-state index is 0.310. The molecular formula is C21H40N4OS. The fourth-order valence-corrected chi connectivity index (χ4v) is 5.82. The average Bonchev–Trinajstić information content (AvgIpc) is 3.20. The Bertz CT molecular complexity index is 461. The van der Waals surface area contributed by atoms with Gasteiger partial charge in [0.15, 0.2) is 5.96 Å². The van der Waals surface area contributed by atoms with Gasteiger partial charge < -0.3 is 15.0 Å². The first-order valence-corrected chi connectivity index (χ1v) is 12.4. The minimum absolute atomic E-state index is 0.310. The number of ether oxygens (including phenoxy) is 1. The Morgan fingerprint density at radius 2 is 1.93 bits per heavy atom. The van der Waals surface area contributed by atoms with Gasteiger partial charge in [-0.1, -0.05) is 19.3 Å². The van der Waals surface area contributed by atoms with Crippen LogP contribution in [0.3, 0.4) is 0 Å². The van der Waals surface area contributed by atoms with Gasteiger partial charge in [0, 0.05) is 62.3 Å². The summed E-state index contributed by atoms with van der Waals surface area (Å²) in [6.45, 7) is 12.6. The predicted molar refractivity (Wildman–Crippen MR) is 117 cm³/mol. The molecule has 6 heteroatoms. The van der Waals surface area contributed by atoms with Crippen LogP contribution in [0.15, 0.2) is 4.99 Å². The van der Waals surface area contributed by atoms with Crippen molar-refractivity contribution in [1.82, 2.24) is 15.1 Å². The average molecular weight is 397 g/mol. The maximum Gasteiger partial charge on any atom is 0.193 e. The van der Waals surface area contributed by atoms with Crippen LogP contribution in [-0.4, -0.2) is 85.3 Å². The monoisotopic (exact) mass is 396 g/mol. The molecule has 1 atom stereocenters. The van der Waals surface area contributed by atoms with Gasteiger partial charge in [0.05, 0.1) is 13.2 Å². The SMILES string of the molecule is CCNC(=NCC1(N2CCSCC2)CCCCC1)N1CCC(COCC)C1. The summed E-state index contributed by atoms with van der Waals surface area (Å²) in [5.74, 6) is 4.36. The summed E-state index contributed by atoms with van der Waals surface area (Å²) in [4.78, 5) is 10.5. The molecule has 0 amide bonds. The molecule has 1 aliphatic carbocycles. The topological polar surface area (TPSA) is 40.1 Å². The molecular weight excluding hydrogens is 356 g/mol. The van der Waals surface area contributed by atoms with E-state index in [0.717, 1.165) is 45.4 Å². The Kier molecular flexibility index (Phi) is 8.59. The van der Waals surface area contributed by atoms with E-state index in [9.17, 15) is 0 Å². The van der Waals surface area contributed by atoms with Crippen molar-refractivity contribution >= 4 is 17.7 Å². The Labute approximate surface area is 170 Å². The van der Waals surface area contributed by atoms with Crippen molar-refractivity contribution in [1.29, 1.82) is 0 Å². The van der Waals surface area contributed by atoms with Gasteiger partial charge in [-0.25, -0.2) is 0 Å². The number of nitrogens with one attached hydrogen (secondary N) is 1. The fourth-order valence-electron chi connectivity index (χ4n) is 4.92. The molecule has 27 heavy (non-hydrogen) atoms. The van der Waals surface area contributed by atoms with Gasteiger partial charge in [0.25, 0.3) is 0 Å². The number of thioether (sulfide) groups is 1. The van der Waals surface area contributed by atoms with E-state index in [1.54, 1.807) is 0 Å². The molecule has 2 heterocycles. The zero-order valence-electron chi connectivity index (χ0n) is 17.5.